The highest BCUT2D eigenvalue weighted by atomic mass is 16.6. The van der Waals surface area contributed by atoms with E-state index in [0.29, 0.717) is 12.0 Å². The first-order chi connectivity index (χ1) is 5.18. The predicted molar refractivity (Wildman–Crippen MR) is 40.2 cm³/mol. The third kappa shape index (κ3) is 0.905. The molecular formula is C8H13NO2. The molecule has 62 valence electrons. The summed E-state index contributed by atoms with van der Waals surface area (Å²) in [4.78, 5) is 13.0. The van der Waals surface area contributed by atoms with Gasteiger partial charge < -0.3 is 9.64 Å². The molecule has 0 aromatic carbocycles. The van der Waals surface area contributed by atoms with E-state index in [2.05, 4.69) is 6.92 Å². The van der Waals surface area contributed by atoms with Crippen molar-refractivity contribution in [3.05, 3.63) is 0 Å². The zero-order chi connectivity index (χ0) is 8.01. The Morgan fingerprint density at radius 3 is 2.91 bits per heavy atom. The monoisotopic (exact) mass is 155 g/mol. The van der Waals surface area contributed by atoms with Gasteiger partial charge in [-0.3, -0.25) is 0 Å². The van der Waals surface area contributed by atoms with Crippen molar-refractivity contribution >= 4 is 6.09 Å². The van der Waals surface area contributed by atoms with Crippen molar-refractivity contribution in [2.75, 3.05) is 6.54 Å². The fraction of sp³-hybridized carbons (Fsp3) is 0.875. The lowest BCUT2D eigenvalue weighted by Crippen LogP contribution is -2.29. The van der Waals surface area contributed by atoms with E-state index in [1.807, 2.05) is 11.8 Å². The molecule has 2 fully saturated rings. The fourth-order valence-corrected chi connectivity index (χ4v) is 2.05. The summed E-state index contributed by atoms with van der Waals surface area (Å²) in [6, 6.07) is 0.359. The van der Waals surface area contributed by atoms with Crippen molar-refractivity contribution in [1.82, 2.24) is 4.90 Å². The van der Waals surface area contributed by atoms with Crippen molar-refractivity contribution in [3.8, 4) is 0 Å². The number of ether oxygens (including phenoxy) is 1. The van der Waals surface area contributed by atoms with Gasteiger partial charge in [-0.15, -0.1) is 0 Å². The van der Waals surface area contributed by atoms with Gasteiger partial charge in [0.05, 0.1) is 6.04 Å². The number of amides is 1. The van der Waals surface area contributed by atoms with Crippen LogP contribution in [0.25, 0.3) is 0 Å². The number of hydrogen-bond donors (Lipinski definition) is 0. The Morgan fingerprint density at radius 1 is 1.55 bits per heavy atom. The van der Waals surface area contributed by atoms with Crippen molar-refractivity contribution in [3.63, 3.8) is 0 Å². The lowest BCUT2D eigenvalue weighted by molar-refractivity contribution is 0.132. The van der Waals surface area contributed by atoms with E-state index < -0.39 is 0 Å². The molecule has 0 aromatic rings. The number of fused-ring (bicyclic) bond motifs is 1. The van der Waals surface area contributed by atoms with Gasteiger partial charge in [0.2, 0.25) is 0 Å². The average Bonchev–Trinajstić information content (AvgIpc) is 2.38. The Morgan fingerprint density at radius 2 is 2.27 bits per heavy atom. The number of carbonyl (C=O) groups excluding carboxylic acids is 1. The van der Waals surface area contributed by atoms with E-state index in [1.165, 1.54) is 0 Å². The van der Waals surface area contributed by atoms with Gasteiger partial charge in [-0.1, -0.05) is 6.92 Å². The van der Waals surface area contributed by atoms with Crippen molar-refractivity contribution < 1.29 is 9.53 Å². The van der Waals surface area contributed by atoms with Crippen LogP contribution in [-0.4, -0.2) is 29.7 Å². The number of rotatable bonds is 0. The molecule has 1 amide bonds. The first-order valence-corrected chi connectivity index (χ1v) is 4.15. The highest BCUT2D eigenvalue weighted by molar-refractivity contribution is 5.71. The molecule has 2 saturated heterocycles. The van der Waals surface area contributed by atoms with Gasteiger partial charge in [0.15, 0.2) is 0 Å². The van der Waals surface area contributed by atoms with Crippen LogP contribution in [-0.2, 0) is 4.74 Å². The van der Waals surface area contributed by atoms with Crippen LogP contribution in [0.4, 0.5) is 4.79 Å². The molecule has 2 aliphatic heterocycles. The van der Waals surface area contributed by atoms with Crippen molar-refractivity contribution in [2.24, 2.45) is 5.92 Å². The summed E-state index contributed by atoms with van der Waals surface area (Å²) in [5.41, 5.74) is 0. The number of hydrogen-bond acceptors (Lipinski definition) is 2. The van der Waals surface area contributed by atoms with E-state index in [1.54, 1.807) is 0 Å². The van der Waals surface area contributed by atoms with Gasteiger partial charge in [-0.25, -0.2) is 4.79 Å². The van der Waals surface area contributed by atoms with Crippen molar-refractivity contribution in [2.45, 2.75) is 32.4 Å². The molecule has 0 N–H and O–H groups in total. The molecule has 0 unspecified atom stereocenters. The predicted octanol–water partition coefficient (Wildman–Crippen LogP) is 1.24. The zero-order valence-electron chi connectivity index (χ0n) is 6.91. The molecule has 3 nitrogen and oxygen atoms in total. The van der Waals surface area contributed by atoms with Crippen LogP contribution in [0, 0.1) is 5.92 Å². The molecule has 0 aliphatic carbocycles. The lowest BCUT2D eigenvalue weighted by atomic mass is 10.1. The van der Waals surface area contributed by atoms with Crippen LogP contribution in [0.1, 0.15) is 20.3 Å². The summed E-state index contributed by atoms with van der Waals surface area (Å²) in [7, 11) is 0. The highest BCUT2D eigenvalue weighted by Gasteiger charge is 2.44. The van der Waals surface area contributed by atoms with E-state index >= 15 is 0 Å². The maximum Gasteiger partial charge on any atom is 0.410 e. The van der Waals surface area contributed by atoms with Gasteiger partial charge in [-0.05, 0) is 19.3 Å². The molecule has 2 heterocycles. The summed E-state index contributed by atoms with van der Waals surface area (Å²) in [5.74, 6) is 0.648. The number of carbonyl (C=O) groups is 1. The Balaban J connectivity index is 2.16. The standard InChI is InChI=1S/C8H13NO2/c1-5-3-7-6(2)11-8(10)9(7)4-5/h5-7H,3-4H2,1-2H3/t5-,6-,7-/m1/s1. The topological polar surface area (TPSA) is 29.5 Å². The average molecular weight is 155 g/mol. The number of nitrogens with zero attached hydrogens (tertiary/aromatic N) is 1. The molecule has 0 bridgehead atoms. The Hall–Kier alpha value is -0.730. The van der Waals surface area contributed by atoms with Gasteiger partial charge in [0.25, 0.3) is 0 Å². The summed E-state index contributed by atoms with van der Waals surface area (Å²) >= 11 is 0. The zero-order valence-corrected chi connectivity index (χ0v) is 6.91. The quantitative estimate of drug-likeness (QED) is 0.526. The summed E-state index contributed by atoms with van der Waals surface area (Å²) in [6.07, 6.45) is 1.09. The maximum absolute atomic E-state index is 11.1. The third-order valence-electron chi connectivity index (χ3n) is 2.62. The second kappa shape index (κ2) is 2.13. The van der Waals surface area contributed by atoms with Gasteiger partial charge in [-0.2, -0.15) is 0 Å². The minimum absolute atomic E-state index is 0.104. The molecule has 0 radical (unpaired) electrons. The molecule has 0 aromatic heterocycles. The highest BCUT2D eigenvalue weighted by Crippen LogP contribution is 2.31. The van der Waals surface area contributed by atoms with E-state index in [9.17, 15) is 4.79 Å². The van der Waals surface area contributed by atoms with Crippen LogP contribution < -0.4 is 0 Å². The fourth-order valence-electron chi connectivity index (χ4n) is 2.05. The van der Waals surface area contributed by atoms with Crippen LogP contribution >= 0.6 is 0 Å². The minimum Gasteiger partial charge on any atom is -0.444 e. The Kier molecular flexibility index (Phi) is 1.34. The van der Waals surface area contributed by atoms with Gasteiger partial charge in [0.1, 0.15) is 6.10 Å². The van der Waals surface area contributed by atoms with E-state index in [4.69, 9.17) is 4.74 Å². The van der Waals surface area contributed by atoms with Crippen LogP contribution in [0.5, 0.6) is 0 Å². The van der Waals surface area contributed by atoms with E-state index in [-0.39, 0.29) is 12.2 Å². The summed E-state index contributed by atoms with van der Waals surface area (Å²) < 4.78 is 5.06. The Labute approximate surface area is 66.3 Å². The van der Waals surface area contributed by atoms with E-state index in [0.717, 1.165) is 13.0 Å². The first kappa shape index (κ1) is 6.95. The second-order valence-electron chi connectivity index (χ2n) is 3.65. The summed E-state index contributed by atoms with van der Waals surface area (Å²) in [5, 5.41) is 0. The lowest BCUT2D eigenvalue weighted by Gasteiger charge is -2.11. The largest absolute Gasteiger partial charge is 0.444 e. The minimum atomic E-state index is -0.119. The molecule has 0 spiro atoms. The summed E-state index contributed by atoms with van der Waals surface area (Å²) in [6.45, 7) is 5.03. The molecule has 0 saturated carbocycles. The Bertz CT molecular complexity index is 193. The smallest absolute Gasteiger partial charge is 0.410 e. The molecule has 3 atom stereocenters. The maximum atomic E-state index is 11.1. The molecule has 2 aliphatic rings. The molecule has 3 heteroatoms. The third-order valence-corrected chi connectivity index (χ3v) is 2.62. The first-order valence-electron chi connectivity index (χ1n) is 4.15. The van der Waals surface area contributed by atoms with Gasteiger partial charge in [0, 0.05) is 6.54 Å². The van der Waals surface area contributed by atoms with Gasteiger partial charge >= 0.3 is 6.09 Å². The van der Waals surface area contributed by atoms with Crippen LogP contribution in [0.3, 0.4) is 0 Å². The molecule has 2 rings (SSSR count). The molecule has 11 heavy (non-hydrogen) atoms. The number of cyclic esters (lactones) is 1. The molecular weight excluding hydrogens is 142 g/mol. The van der Waals surface area contributed by atoms with Crippen LogP contribution in [0.2, 0.25) is 0 Å². The van der Waals surface area contributed by atoms with Crippen molar-refractivity contribution in [1.29, 1.82) is 0 Å². The SMILES string of the molecule is C[C@@H]1C[C@@H]2[C@@H](C)OC(=O)N2C1. The normalized spacial score (nSPS) is 42.5. The second-order valence-corrected chi connectivity index (χ2v) is 3.65. The van der Waals surface area contributed by atoms with Crippen LogP contribution in [0.15, 0.2) is 0 Å².